The molecule has 0 aliphatic heterocycles. The smallest absolute Gasteiger partial charge is 0.0479 e. The maximum atomic E-state index is 11.1. The predicted molar refractivity (Wildman–Crippen MR) is 74.9 cm³/mol. The van der Waals surface area contributed by atoms with Crippen molar-refractivity contribution >= 4 is 27.4 Å². The van der Waals surface area contributed by atoms with Crippen molar-refractivity contribution in [1.82, 2.24) is 4.57 Å². The lowest BCUT2D eigenvalue weighted by Crippen LogP contribution is -2.22. The number of hydrogen-bond donors (Lipinski definition) is 1. The monoisotopic (exact) mass is 250 g/mol. The quantitative estimate of drug-likeness (QED) is 0.904. The molecule has 0 bridgehead atoms. The van der Waals surface area contributed by atoms with Gasteiger partial charge in [0.2, 0.25) is 0 Å². The van der Waals surface area contributed by atoms with Gasteiger partial charge < -0.3 is 9.88 Å². The van der Waals surface area contributed by atoms with Crippen LogP contribution in [0.1, 0.15) is 6.92 Å². The molecule has 3 nitrogen and oxygen atoms in total. The maximum absolute atomic E-state index is 11.1. The number of anilines is 1. The highest BCUT2D eigenvalue weighted by atomic mass is 32.2. The Balaban J connectivity index is 2.16. The molecule has 0 amide bonds. The van der Waals surface area contributed by atoms with Gasteiger partial charge in [-0.1, -0.05) is 0 Å². The predicted octanol–water partition coefficient (Wildman–Crippen LogP) is 2.36. The highest BCUT2D eigenvalue weighted by Crippen LogP contribution is 2.20. The van der Waals surface area contributed by atoms with E-state index >= 15 is 0 Å². The molecule has 2 rings (SSSR count). The van der Waals surface area contributed by atoms with E-state index in [4.69, 9.17) is 0 Å². The minimum atomic E-state index is -0.759. The maximum Gasteiger partial charge on any atom is 0.0479 e. The number of aromatic nitrogens is 1. The molecule has 2 unspecified atom stereocenters. The van der Waals surface area contributed by atoms with Crippen molar-refractivity contribution in [3.05, 3.63) is 30.5 Å². The number of nitrogens with zero attached hydrogens (tertiary/aromatic N) is 1. The summed E-state index contributed by atoms with van der Waals surface area (Å²) in [5.41, 5.74) is 2.31. The Morgan fingerprint density at radius 3 is 2.88 bits per heavy atom. The van der Waals surface area contributed by atoms with Crippen LogP contribution in [0.15, 0.2) is 30.5 Å². The van der Waals surface area contributed by atoms with Crippen LogP contribution in [0.25, 0.3) is 10.9 Å². The molecule has 1 heterocycles. The second-order valence-electron chi connectivity index (χ2n) is 4.49. The first-order valence-corrected chi connectivity index (χ1v) is 7.40. The first-order valence-electron chi connectivity index (χ1n) is 5.68. The van der Waals surface area contributed by atoms with Gasteiger partial charge in [0.1, 0.15) is 0 Å². The molecular formula is C13H18N2OS. The van der Waals surface area contributed by atoms with Crippen LogP contribution in [0.2, 0.25) is 0 Å². The van der Waals surface area contributed by atoms with Crippen LogP contribution in [0.3, 0.4) is 0 Å². The van der Waals surface area contributed by atoms with Crippen molar-refractivity contribution in [3.63, 3.8) is 0 Å². The molecule has 1 aromatic carbocycles. The molecule has 17 heavy (non-hydrogen) atoms. The Bertz CT molecular complexity index is 547. The van der Waals surface area contributed by atoms with Gasteiger partial charge in [-0.15, -0.1) is 0 Å². The lowest BCUT2D eigenvalue weighted by Gasteiger charge is -2.14. The Kier molecular flexibility index (Phi) is 3.52. The SMILES string of the molecule is CC(CS(C)=O)Nc1ccc2c(ccn2C)c1. The average molecular weight is 250 g/mol. The molecule has 2 aromatic rings. The van der Waals surface area contributed by atoms with E-state index in [1.165, 1.54) is 10.9 Å². The summed E-state index contributed by atoms with van der Waals surface area (Å²) in [5, 5.41) is 4.60. The molecule has 1 aromatic heterocycles. The number of fused-ring (bicyclic) bond motifs is 1. The fourth-order valence-corrected chi connectivity index (χ4v) is 2.84. The van der Waals surface area contributed by atoms with Gasteiger partial charge in [0.15, 0.2) is 0 Å². The molecule has 0 aliphatic carbocycles. The summed E-state index contributed by atoms with van der Waals surface area (Å²) in [6, 6.07) is 8.63. The molecule has 0 saturated carbocycles. The highest BCUT2D eigenvalue weighted by molar-refractivity contribution is 7.84. The third kappa shape index (κ3) is 2.88. The molecule has 1 N–H and O–H groups in total. The van der Waals surface area contributed by atoms with Gasteiger partial charge in [0.05, 0.1) is 0 Å². The molecule has 0 fully saturated rings. The van der Waals surface area contributed by atoms with Gasteiger partial charge in [0, 0.05) is 58.7 Å². The van der Waals surface area contributed by atoms with Crippen molar-refractivity contribution < 1.29 is 4.21 Å². The lowest BCUT2D eigenvalue weighted by molar-refractivity contribution is 0.683. The fraction of sp³-hybridized carbons (Fsp3) is 0.385. The zero-order valence-corrected chi connectivity index (χ0v) is 11.3. The second-order valence-corrected chi connectivity index (χ2v) is 5.97. The van der Waals surface area contributed by atoms with Crippen molar-refractivity contribution in [2.75, 3.05) is 17.3 Å². The Labute approximate surface area is 104 Å². The summed E-state index contributed by atoms with van der Waals surface area (Å²) in [6.07, 6.45) is 3.79. The Hall–Kier alpha value is -1.29. The lowest BCUT2D eigenvalue weighted by atomic mass is 10.2. The van der Waals surface area contributed by atoms with Crippen molar-refractivity contribution in [3.8, 4) is 0 Å². The van der Waals surface area contributed by atoms with E-state index in [9.17, 15) is 4.21 Å². The zero-order chi connectivity index (χ0) is 12.4. The first kappa shape index (κ1) is 12.2. The van der Waals surface area contributed by atoms with Gasteiger partial charge in [-0.2, -0.15) is 0 Å². The summed E-state index contributed by atoms with van der Waals surface area (Å²) in [4.78, 5) is 0. The van der Waals surface area contributed by atoms with Crippen LogP contribution < -0.4 is 5.32 Å². The van der Waals surface area contributed by atoms with Crippen LogP contribution in [-0.4, -0.2) is 26.8 Å². The number of nitrogens with one attached hydrogen (secondary N) is 1. The molecule has 0 radical (unpaired) electrons. The van der Waals surface area contributed by atoms with Gasteiger partial charge in [0.25, 0.3) is 0 Å². The van der Waals surface area contributed by atoms with E-state index in [0.717, 1.165) is 5.69 Å². The molecule has 4 heteroatoms. The Morgan fingerprint density at radius 2 is 2.18 bits per heavy atom. The summed E-state index contributed by atoms with van der Waals surface area (Å²) in [5.74, 6) is 0.673. The fourth-order valence-electron chi connectivity index (χ4n) is 2.05. The van der Waals surface area contributed by atoms with Crippen LogP contribution in [-0.2, 0) is 17.8 Å². The van der Waals surface area contributed by atoms with Crippen molar-refractivity contribution in [1.29, 1.82) is 0 Å². The largest absolute Gasteiger partial charge is 0.382 e. The minimum absolute atomic E-state index is 0.224. The average Bonchev–Trinajstić information content (AvgIpc) is 2.58. The highest BCUT2D eigenvalue weighted by Gasteiger charge is 2.05. The van der Waals surface area contributed by atoms with Crippen LogP contribution in [0.4, 0.5) is 5.69 Å². The second kappa shape index (κ2) is 4.92. The molecule has 0 spiro atoms. The molecular weight excluding hydrogens is 232 g/mol. The van der Waals surface area contributed by atoms with Gasteiger partial charge in [-0.25, -0.2) is 0 Å². The van der Waals surface area contributed by atoms with Gasteiger partial charge >= 0.3 is 0 Å². The number of hydrogen-bond acceptors (Lipinski definition) is 2. The number of aryl methyl sites for hydroxylation is 1. The first-order chi connectivity index (χ1) is 8.06. The van der Waals surface area contributed by atoms with Crippen molar-refractivity contribution in [2.24, 2.45) is 7.05 Å². The normalized spacial score (nSPS) is 14.8. The van der Waals surface area contributed by atoms with E-state index in [1.54, 1.807) is 6.26 Å². The van der Waals surface area contributed by atoms with E-state index in [2.05, 4.69) is 47.3 Å². The van der Waals surface area contributed by atoms with Crippen LogP contribution in [0.5, 0.6) is 0 Å². The third-order valence-corrected chi connectivity index (χ3v) is 3.75. The topological polar surface area (TPSA) is 34.0 Å². The van der Waals surface area contributed by atoms with Crippen molar-refractivity contribution in [2.45, 2.75) is 13.0 Å². The summed E-state index contributed by atoms with van der Waals surface area (Å²) in [6.45, 7) is 2.05. The third-order valence-electron chi connectivity index (χ3n) is 2.78. The molecule has 0 saturated heterocycles. The van der Waals surface area contributed by atoms with Gasteiger partial charge in [-0.05, 0) is 31.2 Å². The van der Waals surface area contributed by atoms with E-state index in [-0.39, 0.29) is 6.04 Å². The summed E-state index contributed by atoms with van der Waals surface area (Å²) in [7, 11) is 1.28. The molecule has 92 valence electrons. The van der Waals surface area contributed by atoms with Crippen LogP contribution >= 0.6 is 0 Å². The van der Waals surface area contributed by atoms with E-state index in [0.29, 0.717) is 5.75 Å². The Morgan fingerprint density at radius 1 is 1.41 bits per heavy atom. The zero-order valence-electron chi connectivity index (χ0n) is 10.4. The standard InChI is InChI=1S/C13H18N2OS/c1-10(9-17(3)16)14-12-4-5-13-11(8-12)6-7-15(13)2/h4-8,10,14H,9H2,1-3H3. The number of rotatable bonds is 4. The molecule has 0 aliphatic rings. The van der Waals surface area contributed by atoms with Gasteiger partial charge in [-0.3, -0.25) is 4.21 Å². The summed E-state index contributed by atoms with van der Waals surface area (Å²) < 4.78 is 13.2. The summed E-state index contributed by atoms with van der Waals surface area (Å²) >= 11 is 0. The van der Waals surface area contributed by atoms with E-state index < -0.39 is 10.8 Å². The number of benzene rings is 1. The molecule has 2 atom stereocenters. The van der Waals surface area contributed by atoms with Crippen LogP contribution in [0, 0.1) is 0 Å². The van der Waals surface area contributed by atoms with E-state index in [1.807, 2.05) is 7.05 Å². The minimum Gasteiger partial charge on any atom is -0.382 e.